The third kappa shape index (κ3) is 4.14. The Morgan fingerprint density at radius 1 is 1.09 bits per heavy atom. The smallest absolute Gasteiger partial charge is 0.259 e. The lowest BCUT2D eigenvalue weighted by Gasteiger charge is -2.06. The zero-order chi connectivity index (χ0) is 15.9. The highest BCUT2D eigenvalue weighted by Gasteiger charge is 2.00. The molecule has 3 aromatic rings. The Kier molecular flexibility index (Phi) is 4.59. The molecule has 0 aliphatic heterocycles. The number of benzene rings is 2. The van der Waals surface area contributed by atoms with Crippen molar-refractivity contribution in [2.24, 2.45) is 5.10 Å². The van der Waals surface area contributed by atoms with E-state index < -0.39 is 0 Å². The number of aromatic nitrogens is 1. The molecule has 1 heterocycles. The van der Waals surface area contributed by atoms with Gasteiger partial charge in [-0.15, -0.1) is 0 Å². The van der Waals surface area contributed by atoms with Gasteiger partial charge in [0, 0.05) is 23.6 Å². The van der Waals surface area contributed by atoms with Gasteiger partial charge in [-0.25, -0.2) is 5.43 Å². The number of rotatable bonds is 5. The maximum absolute atomic E-state index is 11.8. The normalized spacial score (nSPS) is 10.8. The van der Waals surface area contributed by atoms with Gasteiger partial charge in [0.1, 0.15) is 0 Å². The SMILES string of the molecule is O=C(CNc1ccc2ccccc2c1)NN=Cc1cccnc1. The molecule has 0 saturated heterocycles. The Balaban J connectivity index is 1.52. The molecule has 0 spiro atoms. The van der Waals surface area contributed by atoms with E-state index in [1.54, 1.807) is 18.6 Å². The Labute approximate surface area is 134 Å². The summed E-state index contributed by atoms with van der Waals surface area (Å²) in [5.74, 6) is -0.210. The molecule has 5 heteroatoms. The van der Waals surface area contributed by atoms with Crippen molar-refractivity contribution < 1.29 is 4.79 Å². The summed E-state index contributed by atoms with van der Waals surface area (Å²) in [6.45, 7) is 0.155. The van der Waals surface area contributed by atoms with Crippen LogP contribution < -0.4 is 10.7 Å². The Bertz CT molecular complexity index is 831. The van der Waals surface area contributed by atoms with Crippen molar-refractivity contribution in [2.45, 2.75) is 0 Å². The first-order chi connectivity index (χ1) is 11.3. The van der Waals surface area contributed by atoms with Crippen LogP contribution in [-0.4, -0.2) is 23.7 Å². The first-order valence-corrected chi connectivity index (χ1v) is 7.26. The lowest BCUT2D eigenvalue weighted by atomic mass is 10.1. The van der Waals surface area contributed by atoms with Crippen LogP contribution in [0.25, 0.3) is 10.8 Å². The van der Waals surface area contributed by atoms with Gasteiger partial charge in [0.25, 0.3) is 5.91 Å². The third-order valence-electron chi connectivity index (χ3n) is 3.29. The van der Waals surface area contributed by atoms with Crippen LogP contribution in [-0.2, 0) is 4.79 Å². The number of amides is 1. The van der Waals surface area contributed by atoms with E-state index in [0.29, 0.717) is 0 Å². The van der Waals surface area contributed by atoms with Crippen LogP contribution in [0.15, 0.2) is 72.1 Å². The fourth-order valence-electron chi connectivity index (χ4n) is 2.15. The summed E-state index contributed by atoms with van der Waals surface area (Å²) in [4.78, 5) is 15.7. The number of carbonyl (C=O) groups excluding carboxylic acids is 1. The number of pyridine rings is 1. The fourth-order valence-corrected chi connectivity index (χ4v) is 2.15. The van der Waals surface area contributed by atoms with Gasteiger partial charge < -0.3 is 5.32 Å². The van der Waals surface area contributed by atoms with Gasteiger partial charge >= 0.3 is 0 Å². The maximum Gasteiger partial charge on any atom is 0.259 e. The number of nitrogens with one attached hydrogen (secondary N) is 2. The number of carbonyl (C=O) groups is 1. The Hall–Kier alpha value is -3.21. The highest BCUT2D eigenvalue weighted by molar-refractivity contribution is 5.87. The minimum atomic E-state index is -0.210. The highest BCUT2D eigenvalue weighted by Crippen LogP contribution is 2.18. The predicted molar refractivity (Wildman–Crippen MR) is 92.4 cm³/mol. The number of nitrogens with zero attached hydrogens (tertiary/aromatic N) is 2. The van der Waals surface area contributed by atoms with Crippen LogP contribution in [0.5, 0.6) is 0 Å². The number of fused-ring (bicyclic) bond motifs is 1. The number of hydrogen-bond donors (Lipinski definition) is 2. The molecule has 0 aliphatic rings. The first-order valence-electron chi connectivity index (χ1n) is 7.26. The minimum absolute atomic E-state index is 0.155. The summed E-state index contributed by atoms with van der Waals surface area (Å²) in [6, 6.07) is 17.7. The number of hydrogen-bond acceptors (Lipinski definition) is 4. The summed E-state index contributed by atoms with van der Waals surface area (Å²) in [6.07, 6.45) is 4.91. The van der Waals surface area contributed by atoms with Crippen LogP contribution in [0.2, 0.25) is 0 Å². The van der Waals surface area contributed by atoms with Crippen molar-refractivity contribution in [3.8, 4) is 0 Å². The summed E-state index contributed by atoms with van der Waals surface area (Å²) in [5, 5.41) is 9.29. The van der Waals surface area contributed by atoms with Crippen molar-refractivity contribution in [1.82, 2.24) is 10.4 Å². The molecule has 2 N–H and O–H groups in total. The van der Waals surface area contributed by atoms with E-state index in [0.717, 1.165) is 16.6 Å². The summed E-state index contributed by atoms with van der Waals surface area (Å²) < 4.78 is 0. The van der Waals surface area contributed by atoms with E-state index in [2.05, 4.69) is 26.9 Å². The van der Waals surface area contributed by atoms with E-state index in [1.807, 2.05) is 48.5 Å². The molecule has 0 atom stereocenters. The van der Waals surface area contributed by atoms with Crippen molar-refractivity contribution in [1.29, 1.82) is 0 Å². The molecular formula is C18H16N4O. The monoisotopic (exact) mass is 304 g/mol. The van der Waals surface area contributed by atoms with Crippen molar-refractivity contribution in [3.63, 3.8) is 0 Å². The third-order valence-corrected chi connectivity index (χ3v) is 3.29. The van der Waals surface area contributed by atoms with Crippen LogP contribution in [0.1, 0.15) is 5.56 Å². The molecule has 0 saturated carbocycles. The Morgan fingerprint density at radius 3 is 2.78 bits per heavy atom. The molecule has 1 aromatic heterocycles. The zero-order valence-electron chi connectivity index (χ0n) is 12.4. The number of anilines is 1. The minimum Gasteiger partial charge on any atom is -0.376 e. The van der Waals surface area contributed by atoms with E-state index in [9.17, 15) is 4.79 Å². The molecule has 0 fully saturated rings. The topological polar surface area (TPSA) is 66.4 Å². The molecule has 0 unspecified atom stereocenters. The van der Waals surface area contributed by atoms with Gasteiger partial charge in [-0.1, -0.05) is 36.4 Å². The largest absolute Gasteiger partial charge is 0.376 e. The Morgan fingerprint density at radius 2 is 1.96 bits per heavy atom. The van der Waals surface area contributed by atoms with Crippen molar-refractivity contribution in [2.75, 3.05) is 11.9 Å². The van der Waals surface area contributed by atoms with Crippen molar-refractivity contribution in [3.05, 3.63) is 72.6 Å². The first kappa shape index (κ1) is 14.7. The lowest BCUT2D eigenvalue weighted by molar-refractivity contribution is -0.119. The molecule has 0 radical (unpaired) electrons. The zero-order valence-corrected chi connectivity index (χ0v) is 12.4. The second-order valence-electron chi connectivity index (χ2n) is 5.00. The van der Waals surface area contributed by atoms with Crippen LogP contribution >= 0.6 is 0 Å². The summed E-state index contributed by atoms with van der Waals surface area (Å²) >= 11 is 0. The standard InChI is InChI=1S/C18H16N4O/c23-18(22-21-12-14-4-3-9-19-11-14)13-20-17-8-7-15-5-1-2-6-16(15)10-17/h1-12,20H,13H2,(H,22,23). The van der Waals surface area contributed by atoms with E-state index >= 15 is 0 Å². The van der Waals surface area contributed by atoms with Gasteiger partial charge in [0.05, 0.1) is 12.8 Å². The molecule has 5 nitrogen and oxygen atoms in total. The molecule has 1 amide bonds. The van der Waals surface area contributed by atoms with E-state index in [-0.39, 0.29) is 12.5 Å². The predicted octanol–water partition coefficient (Wildman–Crippen LogP) is 2.80. The van der Waals surface area contributed by atoms with Crippen LogP contribution in [0.3, 0.4) is 0 Å². The average Bonchev–Trinajstić information content (AvgIpc) is 2.61. The molecule has 0 bridgehead atoms. The second-order valence-corrected chi connectivity index (χ2v) is 5.00. The van der Waals surface area contributed by atoms with Crippen LogP contribution in [0, 0.1) is 0 Å². The second kappa shape index (κ2) is 7.17. The molecule has 23 heavy (non-hydrogen) atoms. The molecule has 0 aliphatic carbocycles. The quantitative estimate of drug-likeness (QED) is 0.562. The fraction of sp³-hybridized carbons (Fsp3) is 0.0556. The lowest BCUT2D eigenvalue weighted by Crippen LogP contribution is -2.25. The van der Waals surface area contributed by atoms with Crippen LogP contribution in [0.4, 0.5) is 5.69 Å². The number of hydrazone groups is 1. The molecule has 114 valence electrons. The highest BCUT2D eigenvalue weighted by atomic mass is 16.2. The van der Waals surface area contributed by atoms with Gasteiger partial charge in [0.15, 0.2) is 0 Å². The average molecular weight is 304 g/mol. The molecule has 2 aromatic carbocycles. The van der Waals surface area contributed by atoms with E-state index in [4.69, 9.17) is 0 Å². The van der Waals surface area contributed by atoms with Gasteiger partial charge in [-0.3, -0.25) is 9.78 Å². The summed E-state index contributed by atoms with van der Waals surface area (Å²) in [5.41, 5.74) is 4.21. The molecular weight excluding hydrogens is 288 g/mol. The molecule has 3 rings (SSSR count). The maximum atomic E-state index is 11.8. The van der Waals surface area contributed by atoms with Gasteiger partial charge in [-0.2, -0.15) is 5.10 Å². The summed E-state index contributed by atoms with van der Waals surface area (Å²) in [7, 11) is 0. The van der Waals surface area contributed by atoms with Gasteiger partial charge in [-0.05, 0) is 29.0 Å². The van der Waals surface area contributed by atoms with E-state index in [1.165, 1.54) is 5.39 Å². The van der Waals surface area contributed by atoms with Gasteiger partial charge in [0.2, 0.25) is 0 Å². The van der Waals surface area contributed by atoms with Crippen molar-refractivity contribution >= 4 is 28.6 Å².